The van der Waals surface area contributed by atoms with Crippen molar-refractivity contribution in [3.63, 3.8) is 0 Å². The van der Waals surface area contributed by atoms with E-state index in [9.17, 15) is 9.18 Å². The van der Waals surface area contributed by atoms with Gasteiger partial charge < -0.3 is 16.0 Å². The second-order valence-corrected chi connectivity index (χ2v) is 4.61. The van der Waals surface area contributed by atoms with Crippen molar-refractivity contribution < 1.29 is 9.18 Å². The molecule has 0 bridgehead atoms. The lowest BCUT2D eigenvalue weighted by Crippen LogP contribution is -2.47. The van der Waals surface area contributed by atoms with E-state index in [0.29, 0.717) is 11.3 Å². The van der Waals surface area contributed by atoms with Crippen LogP contribution in [-0.4, -0.2) is 25.2 Å². The van der Waals surface area contributed by atoms with Gasteiger partial charge in [0.15, 0.2) is 0 Å². The molecule has 1 atom stereocenters. The Morgan fingerprint density at radius 3 is 3.00 bits per heavy atom. The number of urea groups is 1. The summed E-state index contributed by atoms with van der Waals surface area (Å²) in [6, 6.07) is 4.53. The van der Waals surface area contributed by atoms with Gasteiger partial charge in [0.05, 0.1) is 0 Å². The number of piperidine rings is 1. The number of rotatable bonds is 2. The van der Waals surface area contributed by atoms with Crippen LogP contribution in [0.2, 0.25) is 0 Å². The third-order valence-corrected chi connectivity index (χ3v) is 3.06. The Kier molecular flexibility index (Phi) is 4.15. The summed E-state index contributed by atoms with van der Waals surface area (Å²) in [5.41, 5.74) is 1.04. The molecule has 2 amide bonds. The molecule has 1 fully saturated rings. The maximum Gasteiger partial charge on any atom is 0.319 e. The summed E-state index contributed by atoms with van der Waals surface area (Å²) in [5.74, 6) is -0.313. The van der Waals surface area contributed by atoms with Gasteiger partial charge >= 0.3 is 6.03 Å². The number of hydrogen-bond donors (Lipinski definition) is 3. The zero-order chi connectivity index (χ0) is 13.0. The Hall–Kier alpha value is -1.62. The van der Waals surface area contributed by atoms with E-state index in [1.54, 1.807) is 19.1 Å². The second-order valence-electron chi connectivity index (χ2n) is 4.61. The van der Waals surface area contributed by atoms with Crippen molar-refractivity contribution >= 4 is 11.7 Å². The highest BCUT2D eigenvalue weighted by Crippen LogP contribution is 2.13. The quantitative estimate of drug-likeness (QED) is 0.753. The minimum absolute atomic E-state index is 0.147. The number of carbonyl (C=O) groups is 1. The van der Waals surface area contributed by atoms with Crippen LogP contribution in [0.15, 0.2) is 18.2 Å². The van der Waals surface area contributed by atoms with E-state index in [2.05, 4.69) is 16.0 Å². The molecule has 1 heterocycles. The van der Waals surface area contributed by atoms with Gasteiger partial charge in [0, 0.05) is 18.3 Å². The van der Waals surface area contributed by atoms with E-state index in [4.69, 9.17) is 0 Å². The molecule has 0 unspecified atom stereocenters. The van der Waals surface area contributed by atoms with Gasteiger partial charge in [0.25, 0.3) is 0 Å². The van der Waals surface area contributed by atoms with Crippen molar-refractivity contribution in [1.29, 1.82) is 0 Å². The van der Waals surface area contributed by atoms with Crippen molar-refractivity contribution in [1.82, 2.24) is 10.6 Å². The van der Waals surface area contributed by atoms with E-state index >= 15 is 0 Å². The van der Waals surface area contributed by atoms with Gasteiger partial charge in [-0.2, -0.15) is 0 Å². The molecule has 0 radical (unpaired) electrons. The monoisotopic (exact) mass is 251 g/mol. The van der Waals surface area contributed by atoms with Crippen LogP contribution in [0, 0.1) is 12.7 Å². The molecule has 0 saturated carbocycles. The Morgan fingerprint density at radius 1 is 1.50 bits per heavy atom. The van der Waals surface area contributed by atoms with Crippen molar-refractivity contribution in [3.05, 3.63) is 29.6 Å². The van der Waals surface area contributed by atoms with Gasteiger partial charge in [-0.05, 0) is 44.0 Å². The van der Waals surface area contributed by atoms with E-state index in [0.717, 1.165) is 25.9 Å². The van der Waals surface area contributed by atoms with Crippen LogP contribution in [0.3, 0.4) is 0 Å². The van der Waals surface area contributed by atoms with Crippen LogP contribution in [0.5, 0.6) is 0 Å². The molecule has 1 aromatic rings. The number of amides is 2. The van der Waals surface area contributed by atoms with Gasteiger partial charge in [-0.15, -0.1) is 0 Å². The summed E-state index contributed by atoms with van der Waals surface area (Å²) in [7, 11) is 0. The lowest BCUT2D eigenvalue weighted by Gasteiger charge is -2.23. The SMILES string of the molecule is Cc1ccc(NC(=O)N[C@@H]2CCCNC2)cc1F. The van der Waals surface area contributed by atoms with Gasteiger partial charge in [0.2, 0.25) is 0 Å². The van der Waals surface area contributed by atoms with E-state index in [-0.39, 0.29) is 17.9 Å². The smallest absolute Gasteiger partial charge is 0.319 e. The molecule has 0 spiro atoms. The summed E-state index contributed by atoms with van der Waals surface area (Å²) in [6.07, 6.45) is 2.03. The number of hydrogen-bond acceptors (Lipinski definition) is 2. The zero-order valence-corrected chi connectivity index (χ0v) is 10.4. The Balaban J connectivity index is 1.88. The average molecular weight is 251 g/mol. The molecule has 1 saturated heterocycles. The minimum Gasteiger partial charge on any atom is -0.334 e. The van der Waals surface area contributed by atoms with Crippen LogP contribution in [0.1, 0.15) is 18.4 Å². The Labute approximate surface area is 106 Å². The van der Waals surface area contributed by atoms with Crippen molar-refractivity contribution in [3.8, 4) is 0 Å². The first kappa shape index (κ1) is 12.8. The molecule has 1 aromatic carbocycles. The molecule has 2 rings (SSSR count). The van der Waals surface area contributed by atoms with Crippen molar-refractivity contribution in [2.75, 3.05) is 18.4 Å². The molecule has 0 aromatic heterocycles. The highest BCUT2D eigenvalue weighted by Gasteiger charge is 2.15. The summed E-state index contributed by atoms with van der Waals surface area (Å²) in [5, 5.41) is 8.72. The van der Waals surface area contributed by atoms with Crippen LogP contribution in [0.4, 0.5) is 14.9 Å². The summed E-state index contributed by atoms with van der Waals surface area (Å²) in [6.45, 7) is 3.48. The van der Waals surface area contributed by atoms with E-state index in [1.165, 1.54) is 6.07 Å². The standard InChI is InChI=1S/C13H18FN3O/c1-9-4-5-10(7-12(9)14)16-13(18)17-11-3-2-6-15-8-11/h4-5,7,11,15H,2-3,6,8H2,1H3,(H2,16,17,18)/t11-/m1/s1. The number of anilines is 1. The van der Waals surface area contributed by atoms with Gasteiger partial charge in [-0.25, -0.2) is 9.18 Å². The summed E-state index contributed by atoms with van der Waals surface area (Å²) >= 11 is 0. The number of carbonyl (C=O) groups excluding carboxylic acids is 1. The van der Waals surface area contributed by atoms with Crippen LogP contribution >= 0.6 is 0 Å². The lowest BCUT2D eigenvalue weighted by molar-refractivity contribution is 0.245. The predicted molar refractivity (Wildman–Crippen MR) is 69.2 cm³/mol. The van der Waals surface area contributed by atoms with Crippen LogP contribution in [-0.2, 0) is 0 Å². The maximum atomic E-state index is 13.3. The fourth-order valence-corrected chi connectivity index (χ4v) is 2.00. The molecule has 0 aliphatic carbocycles. The highest BCUT2D eigenvalue weighted by atomic mass is 19.1. The molecular formula is C13H18FN3O. The predicted octanol–water partition coefficient (Wildman–Crippen LogP) is 2.01. The third kappa shape index (κ3) is 3.43. The van der Waals surface area contributed by atoms with Gasteiger partial charge in [-0.3, -0.25) is 0 Å². The van der Waals surface area contributed by atoms with Crippen LogP contribution in [0.25, 0.3) is 0 Å². The normalized spacial score (nSPS) is 19.3. The minimum atomic E-state index is -0.313. The molecule has 3 N–H and O–H groups in total. The third-order valence-electron chi connectivity index (χ3n) is 3.06. The fourth-order valence-electron chi connectivity index (χ4n) is 2.00. The highest BCUT2D eigenvalue weighted by molar-refractivity contribution is 5.89. The largest absolute Gasteiger partial charge is 0.334 e. The lowest BCUT2D eigenvalue weighted by atomic mass is 10.1. The first-order valence-corrected chi connectivity index (χ1v) is 6.19. The second kappa shape index (κ2) is 5.82. The molecule has 98 valence electrons. The topological polar surface area (TPSA) is 53.2 Å². The van der Waals surface area contributed by atoms with Crippen LogP contribution < -0.4 is 16.0 Å². The summed E-state index contributed by atoms with van der Waals surface area (Å²) < 4.78 is 13.3. The number of benzene rings is 1. The Bertz CT molecular complexity index is 430. The van der Waals surface area contributed by atoms with Gasteiger partial charge in [-0.1, -0.05) is 6.07 Å². The Morgan fingerprint density at radius 2 is 2.33 bits per heavy atom. The van der Waals surface area contributed by atoms with Crippen molar-refractivity contribution in [2.45, 2.75) is 25.8 Å². The molecule has 1 aliphatic heterocycles. The van der Waals surface area contributed by atoms with E-state index in [1.807, 2.05) is 0 Å². The molecule has 4 nitrogen and oxygen atoms in total. The molecule has 18 heavy (non-hydrogen) atoms. The first-order valence-electron chi connectivity index (χ1n) is 6.19. The average Bonchev–Trinajstić information content (AvgIpc) is 2.35. The number of nitrogens with one attached hydrogen (secondary N) is 3. The van der Waals surface area contributed by atoms with E-state index < -0.39 is 0 Å². The number of aryl methyl sites for hydroxylation is 1. The van der Waals surface area contributed by atoms with Gasteiger partial charge in [0.1, 0.15) is 5.82 Å². The first-order chi connectivity index (χ1) is 8.65. The zero-order valence-electron chi connectivity index (χ0n) is 10.4. The maximum absolute atomic E-state index is 13.3. The molecule has 5 heteroatoms. The fraction of sp³-hybridized carbons (Fsp3) is 0.462. The molecule has 1 aliphatic rings. The number of halogens is 1. The van der Waals surface area contributed by atoms with Crippen molar-refractivity contribution in [2.24, 2.45) is 0 Å². The molecular weight excluding hydrogens is 233 g/mol. The summed E-state index contributed by atoms with van der Waals surface area (Å²) in [4.78, 5) is 11.7.